The summed E-state index contributed by atoms with van der Waals surface area (Å²) in [5.74, 6) is 1.49. The van der Waals surface area contributed by atoms with Crippen molar-refractivity contribution in [1.82, 2.24) is 24.8 Å². The van der Waals surface area contributed by atoms with Crippen molar-refractivity contribution >= 4 is 11.9 Å². The quantitative estimate of drug-likeness (QED) is 0.537. The maximum absolute atomic E-state index is 12.7. The molecule has 0 aliphatic carbocycles. The third kappa shape index (κ3) is 6.44. The van der Waals surface area contributed by atoms with Crippen molar-refractivity contribution in [1.29, 1.82) is 0 Å². The van der Waals surface area contributed by atoms with E-state index in [2.05, 4.69) is 20.3 Å². The van der Waals surface area contributed by atoms with Crippen LogP contribution in [0.25, 0.3) is 11.3 Å². The summed E-state index contributed by atoms with van der Waals surface area (Å²) in [6.07, 6.45) is 8.82. The summed E-state index contributed by atoms with van der Waals surface area (Å²) >= 11 is 0. The molecule has 4 rings (SSSR count). The van der Waals surface area contributed by atoms with Gasteiger partial charge in [0.15, 0.2) is 0 Å². The minimum absolute atomic E-state index is 0.0303. The Morgan fingerprint density at radius 1 is 1.14 bits per heavy atom. The zero-order valence-electron chi connectivity index (χ0n) is 20.7. The van der Waals surface area contributed by atoms with Gasteiger partial charge in [-0.15, -0.1) is 0 Å². The molecule has 3 aromatic rings. The van der Waals surface area contributed by atoms with Crippen LogP contribution in [0.2, 0.25) is 0 Å². The Labute approximate surface area is 205 Å². The van der Waals surface area contributed by atoms with Gasteiger partial charge in [-0.25, -0.2) is 24.7 Å². The zero-order chi connectivity index (χ0) is 24.8. The number of likely N-dealkylation sites (tertiary alicyclic amines) is 1. The lowest BCUT2D eigenvalue weighted by Gasteiger charge is -2.29. The highest BCUT2D eigenvalue weighted by atomic mass is 16.6. The molecular weight excluding hydrogens is 444 g/mol. The second kappa shape index (κ2) is 10.7. The third-order valence-corrected chi connectivity index (χ3v) is 5.74. The number of nitrogens with zero attached hydrogens (tertiary/aromatic N) is 5. The van der Waals surface area contributed by atoms with E-state index in [0.29, 0.717) is 31.0 Å². The molecule has 1 fully saturated rings. The molecule has 0 spiro atoms. The topological polar surface area (TPSA) is 102 Å². The molecule has 1 atom stereocenters. The molecular formula is C26H32N6O3. The van der Waals surface area contributed by atoms with E-state index in [0.717, 1.165) is 35.4 Å². The first-order valence-electron chi connectivity index (χ1n) is 11.8. The van der Waals surface area contributed by atoms with Crippen LogP contribution in [0.4, 0.5) is 10.6 Å². The second-order valence-electron chi connectivity index (χ2n) is 9.55. The molecule has 1 aliphatic rings. The number of methoxy groups -OCH3 is 1. The van der Waals surface area contributed by atoms with E-state index in [9.17, 15) is 4.79 Å². The fraction of sp³-hybridized carbons (Fsp3) is 0.423. The fourth-order valence-corrected chi connectivity index (χ4v) is 4.03. The summed E-state index contributed by atoms with van der Waals surface area (Å²) in [6, 6.07) is 7.93. The first-order valence-corrected chi connectivity index (χ1v) is 11.8. The van der Waals surface area contributed by atoms with Crippen molar-refractivity contribution in [3.05, 3.63) is 60.4 Å². The first kappa shape index (κ1) is 24.4. The lowest BCUT2D eigenvalue weighted by Crippen LogP contribution is -2.42. The average Bonchev–Trinajstić information content (AvgIpc) is 3.32. The third-order valence-electron chi connectivity index (χ3n) is 5.74. The van der Waals surface area contributed by atoms with E-state index in [1.54, 1.807) is 25.7 Å². The van der Waals surface area contributed by atoms with E-state index < -0.39 is 5.60 Å². The second-order valence-corrected chi connectivity index (χ2v) is 9.55. The highest BCUT2D eigenvalue weighted by Crippen LogP contribution is 2.24. The van der Waals surface area contributed by atoms with Gasteiger partial charge in [-0.2, -0.15) is 0 Å². The van der Waals surface area contributed by atoms with Crippen LogP contribution in [-0.2, 0) is 11.2 Å². The van der Waals surface area contributed by atoms with E-state index in [1.807, 2.05) is 49.9 Å². The number of nitrogens with one attached hydrogen (secondary N) is 1. The normalized spacial score (nSPS) is 15.7. The lowest BCUT2D eigenvalue weighted by molar-refractivity contribution is 0.0235. The Balaban J connectivity index is 1.54. The predicted molar refractivity (Wildman–Crippen MR) is 133 cm³/mol. The number of amides is 1. The van der Waals surface area contributed by atoms with Gasteiger partial charge in [-0.3, -0.25) is 0 Å². The fourth-order valence-electron chi connectivity index (χ4n) is 4.03. The highest BCUT2D eigenvalue weighted by Gasteiger charge is 2.32. The van der Waals surface area contributed by atoms with Gasteiger partial charge in [0.05, 0.1) is 30.7 Å². The van der Waals surface area contributed by atoms with Crippen LogP contribution in [0.3, 0.4) is 0 Å². The number of aromatic nitrogens is 4. The molecule has 35 heavy (non-hydrogen) atoms. The molecule has 9 nitrogen and oxygen atoms in total. The smallest absolute Gasteiger partial charge is 0.410 e. The monoisotopic (exact) mass is 476 g/mol. The lowest BCUT2D eigenvalue weighted by atomic mass is 10.1. The van der Waals surface area contributed by atoms with Crippen molar-refractivity contribution in [2.45, 2.75) is 51.7 Å². The van der Waals surface area contributed by atoms with Crippen LogP contribution in [0, 0.1) is 0 Å². The molecule has 1 aliphatic heterocycles. The Hall–Kier alpha value is -3.75. The van der Waals surface area contributed by atoms with Crippen LogP contribution in [0.15, 0.2) is 49.2 Å². The number of rotatable bonds is 7. The summed E-state index contributed by atoms with van der Waals surface area (Å²) in [7, 11) is 1.65. The van der Waals surface area contributed by atoms with Crippen LogP contribution in [0.5, 0.6) is 5.75 Å². The van der Waals surface area contributed by atoms with Gasteiger partial charge in [0.1, 0.15) is 23.5 Å². The van der Waals surface area contributed by atoms with Crippen molar-refractivity contribution in [2.75, 3.05) is 25.5 Å². The highest BCUT2D eigenvalue weighted by molar-refractivity contribution is 5.69. The largest absolute Gasteiger partial charge is 0.497 e. The Morgan fingerprint density at radius 2 is 1.89 bits per heavy atom. The zero-order valence-corrected chi connectivity index (χ0v) is 20.7. The number of anilines is 1. The summed E-state index contributed by atoms with van der Waals surface area (Å²) in [5.41, 5.74) is 2.87. The molecule has 0 saturated carbocycles. The van der Waals surface area contributed by atoms with Crippen molar-refractivity contribution in [3.63, 3.8) is 0 Å². The minimum Gasteiger partial charge on any atom is -0.497 e. The van der Waals surface area contributed by atoms with Crippen LogP contribution < -0.4 is 10.1 Å². The molecule has 9 heteroatoms. The van der Waals surface area contributed by atoms with E-state index in [-0.39, 0.29) is 12.1 Å². The molecule has 0 bridgehead atoms. The van der Waals surface area contributed by atoms with Gasteiger partial charge in [0.25, 0.3) is 0 Å². The molecule has 1 amide bonds. The molecule has 3 heterocycles. The van der Waals surface area contributed by atoms with E-state index in [1.165, 1.54) is 6.33 Å². The standard InChI is InChI=1S/C26H32N6O3/c1-26(2,3)35-25(33)32-11-5-6-20(32)15-29-24-22(12-18-7-9-21(34-4)10-8-18)31-23(16-30-24)19-13-27-17-28-14-19/h7-10,13-14,16-17,20H,5-6,11-12,15H2,1-4H3,(H,29,30)/t20-/m0/s1. The van der Waals surface area contributed by atoms with Crippen molar-refractivity contribution in [3.8, 4) is 17.0 Å². The van der Waals surface area contributed by atoms with Crippen LogP contribution >= 0.6 is 0 Å². The van der Waals surface area contributed by atoms with Gasteiger partial charge in [0, 0.05) is 37.5 Å². The number of ether oxygens (including phenoxy) is 2. The Morgan fingerprint density at radius 3 is 2.57 bits per heavy atom. The van der Waals surface area contributed by atoms with Crippen LogP contribution in [0.1, 0.15) is 44.9 Å². The maximum Gasteiger partial charge on any atom is 0.410 e. The maximum atomic E-state index is 12.7. The number of carbonyl (C=O) groups is 1. The number of carbonyl (C=O) groups excluding carboxylic acids is 1. The number of hydrogen-bond acceptors (Lipinski definition) is 8. The van der Waals surface area contributed by atoms with Crippen molar-refractivity contribution in [2.24, 2.45) is 0 Å². The van der Waals surface area contributed by atoms with E-state index in [4.69, 9.17) is 14.5 Å². The van der Waals surface area contributed by atoms with Gasteiger partial charge in [-0.1, -0.05) is 12.1 Å². The van der Waals surface area contributed by atoms with Gasteiger partial charge in [-0.05, 0) is 51.3 Å². The SMILES string of the molecule is COc1ccc(Cc2nc(-c3cncnc3)cnc2NC[C@@H]2CCCN2C(=O)OC(C)(C)C)cc1. The molecule has 1 aromatic carbocycles. The summed E-state index contributed by atoms with van der Waals surface area (Å²) < 4.78 is 10.9. The molecule has 184 valence electrons. The number of benzene rings is 1. The van der Waals surface area contributed by atoms with Crippen LogP contribution in [-0.4, -0.2) is 62.8 Å². The molecule has 1 N–H and O–H groups in total. The minimum atomic E-state index is -0.522. The van der Waals surface area contributed by atoms with E-state index >= 15 is 0 Å². The van der Waals surface area contributed by atoms with Gasteiger partial charge < -0.3 is 19.7 Å². The predicted octanol–water partition coefficient (Wildman–Crippen LogP) is 4.34. The summed E-state index contributed by atoms with van der Waals surface area (Å²) in [4.78, 5) is 32.2. The first-order chi connectivity index (χ1) is 16.8. The van der Waals surface area contributed by atoms with Crippen molar-refractivity contribution < 1.29 is 14.3 Å². The Bertz CT molecular complexity index is 1130. The Kier molecular flexibility index (Phi) is 7.43. The van der Waals surface area contributed by atoms with Gasteiger partial charge >= 0.3 is 6.09 Å². The summed E-state index contributed by atoms with van der Waals surface area (Å²) in [6.45, 7) is 6.91. The molecule has 2 aromatic heterocycles. The van der Waals surface area contributed by atoms with Gasteiger partial charge in [0.2, 0.25) is 0 Å². The molecule has 0 radical (unpaired) electrons. The average molecular weight is 477 g/mol. The molecule has 1 saturated heterocycles. The summed E-state index contributed by atoms with van der Waals surface area (Å²) in [5, 5.41) is 3.45. The number of hydrogen-bond donors (Lipinski definition) is 1. The molecule has 0 unspecified atom stereocenters.